The molecule has 6 nitrogen and oxygen atoms in total. The van der Waals surface area contributed by atoms with E-state index in [9.17, 15) is 9.59 Å². The molecule has 3 rings (SSSR count). The third-order valence-electron chi connectivity index (χ3n) is 7.00. The fraction of sp³-hybridized carbons (Fsp3) is 0.533. The molecule has 1 saturated carbocycles. The SMILES string of the molecule is Cc1cc(OCC(=O)NC2CCCCC2NC(=O)COc2cc(C)c(Br)cc2C(C)C)c(C(C)C)cc1Br. The lowest BCUT2D eigenvalue weighted by molar-refractivity contribution is -0.127. The second kappa shape index (κ2) is 13.8. The average Bonchev–Trinajstić information content (AvgIpc) is 2.85. The molecule has 0 heterocycles. The van der Waals surface area contributed by atoms with Crippen LogP contribution >= 0.6 is 31.9 Å². The van der Waals surface area contributed by atoms with Crippen LogP contribution in [0.3, 0.4) is 0 Å². The van der Waals surface area contributed by atoms with Crippen LogP contribution in [-0.4, -0.2) is 37.1 Å². The van der Waals surface area contributed by atoms with E-state index in [1.165, 1.54) is 0 Å². The Morgan fingerprint density at radius 1 is 0.763 bits per heavy atom. The van der Waals surface area contributed by atoms with Gasteiger partial charge in [-0.25, -0.2) is 0 Å². The number of carbonyl (C=O) groups excluding carboxylic acids is 2. The number of aryl methyl sites for hydroxylation is 2. The van der Waals surface area contributed by atoms with E-state index < -0.39 is 0 Å². The van der Waals surface area contributed by atoms with Crippen molar-refractivity contribution >= 4 is 43.7 Å². The fourth-order valence-electron chi connectivity index (χ4n) is 4.75. The molecule has 1 fully saturated rings. The summed E-state index contributed by atoms with van der Waals surface area (Å²) < 4.78 is 13.9. The normalized spacial score (nSPS) is 17.4. The second-order valence-electron chi connectivity index (χ2n) is 10.8. The maximum absolute atomic E-state index is 12.8. The van der Waals surface area contributed by atoms with Gasteiger partial charge in [-0.05, 0) is 85.0 Å². The van der Waals surface area contributed by atoms with Crippen LogP contribution in [0.1, 0.15) is 87.5 Å². The first-order chi connectivity index (χ1) is 18.0. The van der Waals surface area contributed by atoms with Gasteiger partial charge in [-0.15, -0.1) is 0 Å². The number of hydrogen-bond acceptors (Lipinski definition) is 4. The molecule has 2 N–H and O–H groups in total. The summed E-state index contributed by atoms with van der Waals surface area (Å²) in [6.45, 7) is 12.3. The quantitative estimate of drug-likeness (QED) is 0.288. The average molecular weight is 652 g/mol. The summed E-state index contributed by atoms with van der Waals surface area (Å²) in [4.78, 5) is 25.7. The molecule has 1 aliphatic rings. The Morgan fingerprint density at radius 3 is 1.47 bits per heavy atom. The molecule has 208 valence electrons. The largest absolute Gasteiger partial charge is 0.483 e. The Labute approximate surface area is 243 Å². The standard InChI is InChI=1S/C30H40Br2N2O4/c1-17(2)21-13-23(31)19(5)11-27(21)37-15-29(35)33-25-9-7-8-10-26(25)34-30(36)16-38-28-12-20(6)24(32)14-22(28)18(3)4/h11-14,17-18,25-26H,7-10,15-16H2,1-6H3,(H,33,35)(H,34,36). The first-order valence-corrected chi connectivity index (χ1v) is 15.0. The monoisotopic (exact) mass is 650 g/mol. The Morgan fingerprint density at radius 2 is 1.13 bits per heavy atom. The fourth-order valence-corrected chi connectivity index (χ4v) is 5.48. The summed E-state index contributed by atoms with van der Waals surface area (Å²) in [5.74, 6) is 1.62. The first kappa shape index (κ1) is 30.5. The molecule has 0 spiro atoms. The van der Waals surface area contributed by atoms with Gasteiger partial charge in [-0.3, -0.25) is 9.59 Å². The molecule has 2 aromatic rings. The lowest BCUT2D eigenvalue weighted by atomic mass is 9.90. The summed E-state index contributed by atoms with van der Waals surface area (Å²) in [6.07, 6.45) is 3.65. The van der Waals surface area contributed by atoms with Crippen LogP contribution < -0.4 is 20.1 Å². The van der Waals surface area contributed by atoms with Gasteiger partial charge in [0.15, 0.2) is 13.2 Å². The smallest absolute Gasteiger partial charge is 0.258 e. The summed E-state index contributed by atoms with van der Waals surface area (Å²) in [5.41, 5.74) is 4.22. The topological polar surface area (TPSA) is 76.7 Å². The van der Waals surface area contributed by atoms with Gasteiger partial charge >= 0.3 is 0 Å². The van der Waals surface area contributed by atoms with E-state index in [2.05, 4.69) is 82.3 Å². The van der Waals surface area contributed by atoms with Gasteiger partial charge in [0, 0.05) is 21.0 Å². The molecule has 2 aromatic carbocycles. The van der Waals surface area contributed by atoms with Crippen molar-refractivity contribution in [3.63, 3.8) is 0 Å². The van der Waals surface area contributed by atoms with Crippen LogP contribution in [0.15, 0.2) is 33.2 Å². The number of ether oxygens (including phenoxy) is 2. The zero-order chi connectivity index (χ0) is 28.0. The molecule has 1 aliphatic carbocycles. The Balaban J connectivity index is 1.57. The summed E-state index contributed by atoms with van der Waals surface area (Å²) in [5, 5.41) is 6.19. The maximum Gasteiger partial charge on any atom is 0.258 e. The Hall–Kier alpha value is -2.06. The van der Waals surface area contributed by atoms with Crippen molar-refractivity contribution in [1.29, 1.82) is 0 Å². The molecule has 2 amide bonds. The number of halogens is 2. The van der Waals surface area contributed by atoms with Gasteiger partial charge in [-0.1, -0.05) is 72.4 Å². The van der Waals surface area contributed by atoms with E-state index >= 15 is 0 Å². The van der Waals surface area contributed by atoms with Crippen LogP contribution in [0, 0.1) is 13.8 Å². The van der Waals surface area contributed by atoms with Crippen LogP contribution in [0.25, 0.3) is 0 Å². The lowest BCUT2D eigenvalue weighted by Gasteiger charge is -2.33. The van der Waals surface area contributed by atoms with Crippen LogP contribution in [-0.2, 0) is 9.59 Å². The minimum atomic E-state index is -0.186. The van der Waals surface area contributed by atoms with Crippen molar-refractivity contribution in [3.8, 4) is 11.5 Å². The molecule has 2 atom stereocenters. The van der Waals surface area contributed by atoms with Gasteiger partial charge in [0.05, 0.1) is 0 Å². The number of benzene rings is 2. The van der Waals surface area contributed by atoms with Crippen molar-refractivity contribution in [2.75, 3.05) is 13.2 Å². The van der Waals surface area contributed by atoms with Gasteiger partial charge in [0.2, 0.25) is 0 Å². The third kappa shape index (κ3) is 8.22. The molecule has 8 heteroatoms. The zero-order valence-electron chi connectivity index (χ0n) is 23.3. The predicted octanol–water partition coefficient (Wildman–Crippen LogP) is 7.08. The molecular formula is C30H40Br2N2O4. The van der Waals surface area contributed by atoms with Crippen LogP contribution in [0.2, 0.25) is 0 Å². The predicted molar refractivity (Wildman–Crippen MR) is 159 cm³/mol. The number of rotatable bonds is 10. The van der Waals surface area contributed by atoms with E-state index in [-0.39, 0.29) is 48.9 Å². The molecule has 0 radical (unpaired) electrons. The minimum absolute atomic E-state index is 0.0675. The molecular weight excluding hydrogens is 612 g/mol. The van der Waals surface area contributed by atoms with Gasteiger partial charge in [0.25, 0.3) is 11.8 Å². The first-order valence-electron chi connectivity index (χ1n) is 13.4. The van der Waals surface area contributed by atoms with E-state index in [0.29, 0.717) is 0 Å². The van der Waals surface area contributed by atoms with Crippen molar-refractivity contribution in [3.05, 3.63) is 55.5 Å². The highest BCUT2D eigenvalue weighted by Gasteiger charge is 2.28. The number of nitrogens with one attached hydrogen (secondary N) is 2. The van der Waals surface area contributed by atoms with Gasteiger partial charge < -0.3 is 20.1 Å². The number of hydrogen-bond donors (Lipinski definition) is 2. The molecule has 0 bridgehead atoms. The summed E-state index contributed by atoms with van der Waals surface area (Å²) in [6, 6.07) is 7.77. The highest BCUT2D eigenvalue weighted by Crippen LogP contribution is 2.33. The molecule has 0 saturated heterocycles. The van der Waals surface area contributed by atoms with Crippen molar-refractivity contribution < 1.29 is 19.1 Å². The Bertz CT molecular complexity index is 1060. The van der Waals surface area contributed by atoms with Gasteiger partial charge in [0.1, 0.15) is 11.5 Å². The van der Waals surface area contributed by atoms with Crippen LogP contribution in [0.5, 0.6) is 11.5 Å². The van der Waals surface area contributed by atoms with Crippen molar-refractivity contribution in [2.24, 2.45) is 0 Å². The maximum atomic E-state index is 12.8. The molecule has 0 aromatic heterocycles. The van der Waals surface area contributed by atoms with Crippen LogP contribution in [0.4, 0.5) is 0 Å². The van der Waals surface area contributed by atoms with E-state index in [1.807, 2.05) is 26.0 Å². The minimum Gasteiger partial charge on any atom is -0.483 e. The highest BCUT2D eigenvalue weighted by molar-refractivity contribution is 9.10. The number of carbonyl (C=O) groups is 2. The number of amides is 2. The van der Waals surface area contributed by atoms with E-state index in [4.69, 9.17) is 9.47 Å². The van der Waals surface area contributed by atoms with Gasteiger partial charge in [-0.2, -0.15) is 0 Å². The second-order valence-corrected chi connectivity index (χ2v) is 12.5. The van der Waals surface area contributed by atoms with Crippen molar-refractivity contribution in [2.45, 2.75) is 91.1 Å². The van der Waals surface area contributed by atoms with E-state index in [0.717, 1.165) is 68.4 Å². The molecule has 38 heavy (non-hydrogen) atoms. The summed E-state index contributed by atoms with van der Waals surface area (Å²) >= 11 is 7.16. The third-order valence-corrected chi connectivity index (χ3v) is 8.71. The summed E-state index contributed by atoms with van der Waals surface area (Å²) in [7, 11) is 0. The van der Waals surface area contributed by atoms with Crippen molar-refractivity contribution in [1.82, 2.24) is 10.6 Å². The lowest BCUT2D eigenvalue weighted by Crippen LogP contribution is -2.54. The highest BCUT2D eigenvalue weighted by atomic mass is 79.9. The Kier molecular flexibility index (Phi) is 11.1. The van der Waals surface area contributed by atoms with E-state index in [1.54, 1.807) is 0 Å². The zero-order valence-corrected chi connectivity index (χ0v) is 26.4. The molecule has 2 unspecified atom stereocenters. The molecule has 0 aliphatic heterocycles.